The molecule has 154 valence electrons. The Morgan fingerprint density at radius 1 is 1.00 bits per heavy atom. The molecular formula is C22H29N5O2. The maximum absolute atomic E-state index is 13.0. The van der Waals surface area contributed by atoms with Crippen LogP contribution in [0.4, 0.5) is 5.69 Å². The molecule has 7 heteroatoms. The average molecular weight is 396 g/mol. The number of fused-ring (bicyclic) bond motifs is 1. The van der Waals surface area contributed by atoms with Crippen molar-refractivity contribution in [3.8, 4) is 0 Å². The lowest BCUT2D eigenvalue weighted by Gasteiger charge is -2.36. The molecule has 1 N–H and O–H groups in total. The molecule has 0 spiro atoms. The van der Waals surface area contributed by atoms with Crippen molar-refractivity contribution in [2.45, 2.75) is 12.8 Å². The van der Waals surface area contributed by atoms with Crippen molar-refractivity contribution in [1.82, 2.24) is 14.4 Å². The van der Waals surface area contributed by atoms with Gasteiger partial charge in [0.15, 0.2) is 0 Å². The Morgan fingerprint density at radius 3 is 2.48 bits per heavy atom. The van der Waals surface area contributed by atoms with Crippen LogP contribution in [0.1, 0.15) is 28.9 Å². The number of para-hydroxylation sites is 1. The molecule has 3 heterocycles. The number of amides is 1. The Hall–Kier alpha value is -2.80. The maximum Gasteiger partial charge on any atom is 0.271 e. The van der Waals surface area contributed by atoms with E-state index in [2.05, 4.69) is 45.3 Å². The lowest BCUT2D eigenvalue weighted by molar-refractivity contribution is 0.0745. The van der Waals surface area contributed by atoms with Crippen LogP contribution in [0.3, 0.4) is 0 Å². The number of anilines is 1. The number of nitrogens with zero attached hydrogens (tertiary/aromatic N) is 5. The largest absolute Gasteiger partial charge is 0.411 e. The third-order valence-electron chi connectivity index (χ3n) is 6.01. The summed E-state index contributed by atoms with van der Waals surface area (Å²) in [5, 5.41) is 12.8. The molecule has 0 radical (unpaired) electrons. The molecule has 7 nitrogen and oxygen atoms in total. The number of aromatic nitrogens is 1. The molecule has 1 fully saturated rings. The first-order chi connectivity index (χ1) is 14.2. The Morgan fingerprint density at radius 2 is 1.76 bits per heavy atom. The summed E-state index contributed by atoms with van der Waals surface area (Å²) in [6, 6.07) is 12.4. The fraction of sp³-hybridized carbons (Fsp3) is 0.455. The zero-order valence-electron chi connectivity index (χ0n) is 17.0. The molecule has 0 saturated carbocycles. The predicted octanol–water partition coefficient (Wildman–Crippen LogP) is 2.26. The predicted molar refractivity (Wildman–Crippen MR) is 114 cm³/mol. The van der Waals surface area contributed by atoms with E-state index < -0.39 is 0 Å². The zero-order chi connectivity index (χ0) is 20.2. The third kappa shape index (κ3) is 4.15. The van der Waals surface area contributed by atoms with E-state index >= 15 is 0 Å². The van der Waals surface area contributed by atoms with E-state index in [0.717, 1.165) is 51.3 Å². The summed E-state index contributed by atoms with van der Waals surface area (Å²) in [7, 11) is 1.86. The van der Waals surface area contributed by atoms with Gasteiger partial charge in [0.2, 0.25) is 0 Å². The lowest BCUT2D eigenvalue weighted by atomic mass is 10.1. The number of rotatable bonds is 5. The van der Waals surface area contributed by atoms with Crippen LogP contribution in [0.25, 0.3) is 0 Å². The number of benzene rings is 1. The van der Waals surface area contributed by atoms with E-state index in [1.165, 1.54) is 5.69 Å². The van der Waals surface area contributed by atoms with Crippen molar-refractivity contribution in [1.29, 1.82) is 0 Å². The molecule has 29 heavy (non-hydrogen) atoms. The van der Waals surface area contributed by atoms with Gasteiger partial charge < -0.3 is 19.6 Å². The number of carbonyl (C=O) groups is 1. The highest BCUT2D eigenvalue weighted by atomic mass is 16.4. The quantitative estimate of drug-likeness (QED) is 0.623. The number of carbonyl (C=O) groups excluding carboxylic acids is 1. The topological polar surface area (TPSA) is 64.3 Å². The van der Waals surface area contributed by atoms with Gasteiger partial charge in [-0.05, 0) is 31.2 Å². The molecule has 0 unspecified atom stereocenters. The molecule has 1 aromatic heterocycles. The van der Waals surface area contributed by atoms with E-state index in [9.17, 15) is 10.0 Å². The van der Waals surface area contributed by atoms with Crippen LogP contribution in [0.2, 0.25) is 0 Å². The Labute approximate surface area is 171 Å². The molecule has 1 saturated heterocycles. The van der Waals surface area contributed by atoms with Crippen LogP contribution in [0.15, 0.2) is 47.8 Å². The first-order valence-electron chi connectivity index (χ1n) is 10.4. The number of oxime groups is 1. The fourth-order valence-corrected chi connectivity index (χ4v) is 4.33. The molecule has 1 amide bonds. The van der Waals surface area contributed by atoms with E-state index in [1.54, 1.807) is 0 Å². The Balaban J connectivity index is 1.29. The minimum Gasteiger partial charge on any atom is -0.411 e. The molecule has 0 atom stereocenters. The van der Waals surface area contributed by atoms with Gasteiger partial charge in [0.25, 0.3) is 5.91 Å². The van der Waals surface area contributed by atoms with Gasteiger partial charge in [0.05, 0.1) is 5.71 Å². The summed E-state index contributed by atoms with van der Waals surface area (Å²) in [4.78, 5) is 19.8. The molecule has 4 rings (SSSR count). The lowest BCUT2D eigenvalue weighted by Crippen LogP contribution is -2.47. The van der Waals surface area contributed by atoms with Crippen molar-refractivity contribution < 1.29 is 10.0 Å². The SMILES string of the molecule is Cn1ccc2c1C(=O)N(CCCN1CCN(c3ccccc3)CC1)CC/C2=N/O. The van der Waals surface area contributed by atoms with Gasteiger partial charge in [-0.2, -0.15) is 0 Å². The second kappa shape index (κ2) is 8.69. The van der Waals surface area contributed by atoms with Gasteiger partial charge in [-0.3, -0.25) is 9.69 Å². The van der Waals surface area contributed by atoms with Crippen molar-refractivity contribution in [2.75, 3.05) is 50.7 Å². The van der Waals surface area contributed by atoms with Crippen LogP contribution in [-0.2, 0) is 7.05 Å². The van der Waals surface area contributed by atoms with Crippen LogP contribution in [0, 0.1) is 0 Å². The van der Waals surface area contributed by atoms with E-state index in [-0.39, 0.29) is 5.91 Å². The number of aryl methyl sites for hydroxylation is 1. The molecule has 0 bridgehead atoms. The summed E-state index contributed by atoms with van der Waals surface area (Å²) in [5.41, 5.74) is 3.25. The molecule has 2 aromatic rings. The minimum absolute atomic E-state index is 0.0278. The van der Waals surface area contributed by atoms with E-state index in [4.69, 9.17) is 0 Å². The average Bonchev–Trinajstić information content (AvgIpc) is 3.08. The van der Waals surface area contributed by atoms with E-state index in [1.807, 2.05) is 28.8 Å². The Bertz CT molecular complexity index is 869. The minimum atomic E-state index is 0.0278. The molecule has 2 aliphatic heterocycles. The molecule has 0 aliphatic carbocycles. The van der Waals surface area contributed by atoms with Crippen molar-refractivity contribution in [3.05, 3.63) is 53.9 Å². The first-order valence-corrected chi connectivity index (χ1v) is 10.4. The van der Waals surface area contributed by atoms with Crippen molar-refractivity contribution in [2.24, 2.45) is 12.2 Å². The standard InChI is InChI=1S/C22H29N5O2/c1-24-12-8-19-20(23-29)9-13-27(22(28)21(19)24)11-5-10-25-14-16-26(17-15-25)18-6-3-2-4-7-18/h2-4,6-8,12,29H,5,9-11,13-17H2,1H3/b23-20-. The van der Waals surface area contributed by atoms with Crippen molar-refractivity contribution in [3.63, 3.8) is 0 Å². The summed E-state index contributed by atoms with van der Waals surface area (Å²) < 4.78 is 1.82. The molecule has 2 aliphatic rings. The number of hydrogen-bond donors (Lipinski definition) is 1. The van der Waals surface area contributed by atoms with Gasteiger partial charge in [-0.25, -0.2) is 0 Å². The second-order valence-corrected chi connectivity index (χ2v) is 7.80. The highest BCUT2D eigenvalue weighted by Gasteiger charge is 2.28. The van der Waals surface area contributed by atoms with Crippen molar-refractivity contribution >= 4 is 17.3 Å². The summed E-state index contributed by atoms with van der Waals surface area (Å²) >= 11 is 0. The monoisotopic (exact) mass is 395 g/mol. The van der Waals surface area contributed by atoms with Gasteiger partial charge in [-0.1, -0.05) is 23.4 Å². The fourth-order valence-electron chi connectivity index (χ4n) is 4.33. The summed E-state index contributed by atoms with van der Waals surface area (Å²) in [5.74, 6) is 0.0278. The van der Waals surface area contributed by atoms with Gasteiger partial charge in [-0.15, -0.1) is 0 Å². The third-order valence-corrected chi connectivity index (χ3v) is 6.01. The highest BCUT2D eigenvalue weighted by molar-refractivity contribution is 6.11. The van der Waals surface area contributed by atoms with Gasteiger partial charge in [0.1, 0.15) is 5.69 Å². The van der Waals surface area contributed by atoms with Crippen LogP contribution >= 0.6 is 0 Å². The normalized spacial score (nSPS) is 19.5. The first kappa shape index (κ1) is 19.5. The van der Waals surface area contributed by atoms with Crippen LogP contribution in [0.5, 0.6) is 0 Å². The van der Waals surface area contributed by atoms with Crippen LogP contribution in [-0.4, -0.2) is 77.0 Å². The highest BCUT2D eigenvalue weighted by Crippen LogP contribution is 2.21. The number of piperazine rings is 1. The summed E-state index contributed by atoms with van der Waals surface area (Å²) in [6.07, 6.45) is 3.38. The number of hydrogen-bond acceptors (Lipinski definition) is 5. The molecule has 1 aromatic carbocycles. The van der Waals surface area contributed by atoms with E-state index in [0.29, 0.717) is 24.4 Å². The smallest absolute Gasteiger partial charge is 0.271 e. The van der Waals surface area contributed by atoms with Gasteiger partial charge in [0, 0.05) is 70.2 Å². The molecular weight excluding hydrogens is 366 g/mol. The summed E-state index contributed by atoms with van der Waals surface area (Å²) in [6.45, 7) is 6.48. The Kier molecular flexibility index (Phi) is 5.85. The van der Waals surface area contributed by atoms with Crippen LogP contribution < -0.4 is 4.90 Å². The maximum atomic E-state index is 13.0. The second-order valence-electron chi connectivity index (χ2n) is 7.80. The van der Waals surface area contributed by atoms with Gasteiger partial charge >= 0.3 is 0 Å². The zero-order valence-corrected chi connectivity index (χ0v) is 17.0.